The summed E-state index contributed by atoms with van der Waals surface area (Å²) < 4.78 is 30.5. The average molecular weight is 433 g/mol. The van der Waals surface area contributed by atoms with Crippen molar-refractivity contribution in [2.75, 3.05) is 18.7 Å². The minimum atomic E-state index is -1.04. The number of aromatic nitrogens is 1. The van der Waals surface area contributed by atoms with E-state index in [9.17, 15) is 23.5 Å². The predicted octanol–water partition coefficient (Wildman–Crippen LogP) is 2.71. The zero-order valence-electron chi connectivity index (χ0n) is 17.0. The summed E-state index contributed by atoms with van der Waals surface area (Å²) in [6, 6.07) is 11.6. The number of carbonyl (C=O) groups is 1. The van der Waals surface area contributed by atoms with E-state index in [1.807, 2.05) is 29.3 Å². The third-order valence-electron chi connectivity index (χ3n) is 6.69. The van der Waals surface area contributed by atoms with E-state index in [0.29, 0.717) is 12.0 Å². The van der Waals surface area contributed by atoms with Crippen molar-refractivity contribution in [3.63, 3.8) is 0 Å². The highest BCUT2D eigenvalue weighted by molar-refractivity contribution is 5.96. The van der Waals surface area contributed by atoms with Crippen LogP contribution in [0.15, 0.2) is 59.0 Å². The molecule has 1 amide bonds. The number of fused-ring (bicyclic) bond motifs is 6. The Hall–Kier alpha value is -3.94. The molecule has 0 fully saturated rings. The Morgan fingerprint density at radius 3 is 2.62 bits per heavy atom. The van der Waals surface area contributed by atoms with Crippen molar-refractivity contribution in [3.05, 3.63) is 104 Å². The molecule has 32 heavy (non-hydrogen) atoms. The Labute approximate surface area is 181 Å². The normalized spacial score (nSPS) is 20.6. The van der Waals surface area contributed by atoms with Gasteiger partial charge in [-0.05, 0) is 40.8 Å². The van der Waals surface area contributed by atoms with Crippen molar-refractivity contribution in [1.29, 1.82) is 0 Å². The van der Waals surface area contributed by atoms with Gasteiger partial charge in [0.15, 0.2) is 23.1 Å². The Morgan fingerprint density at radius 2 is 1.81 bits per heavy atom. The van der Waals surface area contributed by atoms with Gasteiger partial charge in [0, 0.05) is 24.9 Å². The first-order valence-electron chi connectivity index (χ1n) is 10.1. The van der Waals surface area contributed by atoms with Crippen molar-refractivity contribution >= 4 is 12.0 Å². The molecule has 3 aromatic rings. The van der Waals surface area contributed by atoms with Crippen LogP contribution in [0.5, 0.6) is 5.75 Å². The Balaban J connectivity index is 1.73. The molecule has 6 rings (SSSR count). The van der Waals surface area contributed by atoms with Gasteiger partial charge in [-0.25, -0.2) is 8.78 Å². The third-order valence-corrected chi connectivity index (χ3v) is 6.69. The number of benzene rings is 2. The molecule has 0 bridgehead atoms. The first-order valence-corrected chi connectivity index (χ1v) is 10.1. The molecule has 0 radical (unpaired) electrons. The van der Waals surface area contributed by atoms with Crippen LogP contribution in [-0.4, -0.2) is 34.3 Å². The molecule has 3 aliphatic rings. The van der Waals surface area contributed by atoms with Gasteiger partial charge in [-0.3, -0.25) is 19.3 Å². The topological polar surface area (TPSA) is 65.8 Å². The number of carbonyl (C=O) groups excluding carboxylic acids is 1. The molecule has 1 aromatic heterocycles. The van der Waals surface area contributed by atoms with Gasteiger partial charge in [0.25, 0.3) is 5.91 Å². The summed E-state index contributed by atoms with van der Waals surface area (Å²) in [5.41, 5.74) is 1.57. The second-order valence-electron chi connectivity index (χ2n) is 8.30. The number of hydrogen-bond donors (Lipinski definition) is 1. The molecule has 2 aliphatic carbocycles. The molecule has 1 unspecified atom stereocenters. The van der Waals surface area contributed by atoms with Crippen LogP contribution in [-0.2, 0) is 12.0 Å². The van der Waals surface area contributed by atoms with Crippen LogP contribution < -0.4 is 10.4 Å². The quantitative estimate of drug-likeness (QED) is 0.641. The molecular weight excluding hydrogens is 416 g/mol. The second kappa shape index (κ2) is 6.06. The SMILES string of the molecule is CN1CN(C23C(=Cc4c2ccc(F)c4F)Cc2ccccc23)n2ccc(=O)c(O)c2C1=O. The lowest BCUT2D eigenvalue weighted by Crippen LogP contribution is -2.61. The van der Waals surface area contributed by atoms with E-state index in [2.05, 4.69) is 0 Å². The van der Waals surface area contributed by atoms with Crippen LogP contribution in [0.2, 0.25) is 0 Å². The lowest BCUT2D eigenvalue weighted by Gasteiger charge is -2.49. The molecule has 0 saturated carbocycles. The summed E-state index contributed by atoms with van der Waals surface area (Å²) in [4.78, 5) is 26.4. The lowest BCUT2D eigenvalue weighted by atomic mass is 9.83. The number of hydrogen-bond acceptors (Lipinski definition) is 4. The van der Waals surface area contributed by atoms with Crippen LogP contribution in [0.4, 0.5) is 8.78 Å². The molecule has 1 atom stereocenters. The summed E-state index contributed by atoms with van der Waals surface area (Å²) >= 11 is 0. The van der Waals surface area contributed by atoms with Gasteiger partial charge in [0.1, 0.15) is 12.2 Å². The fraction of sp³-hybridized carbons (Fsp3) is 0.167. The highest BCUT2D eigenvalue weighted by Gasteiger charge is 2.55. The zero-order chi connectivity index (χ0) is 22.4. The minimum Gasteiger partial charge on any atom is -0.502 e. The first-order chi connectivity index (χ1) is 15.4. The van der Waals surface area contributed by atoms with Gasteiger partial charge >= 0.3 is 0 Å². The van der Waals surface area contributed by atoms with Crippen LogP contribution in [0.1, 0.15) is 32.7 Å². The Morgan fingerprint density at radius 1 is 1.03 bits per heavy atom. The number of aromatic hydroxyl groups is 1. The summed E-state index contributed by atoms with van der Waals surface area (Å²) in [6.45, 7) is 0.0955. The molecular formula is C24H17F2N3O3. The third kappa shape index (κ3) is 2.06. The van der Waals surface area contributed by atoms with E-state index in [4.69, 9.17) is 0 Å². The number of pyridine rings is 1. The molecule has 0 saturated heterocycles. The molecule has 1 N–H and O–H groups in total. The monoisotopic (exact) mass is 433 g/mol. The lowest BCUT2D eigenvalue weighted by molar-refractivity contribution is 0.0716. The molecule has 6 nitrogen and oxygen atoms in total. The molecule has 160 valence electrons. The van der Waals surface area contributed by atoms with Gasteiger partial charge in [-0.15, -0.1) is 0 Å². The van der Waals surface area contributed by atoms with Gasteiger partial charge in [-0.1, -0.05) is 30.3 Å². The molecule has 0 spiro atoms. The molecule has 1 aliphatic heterocycles. The van der Waals surface area contributed by atoms with Crippen molar-refractivity contribution < 1.29 is 18.7 Å². The van der Waals surface area contributed by atoms with Gasteiger partial charge in [0.05, 0.1) is 0 Å². The average Bonchev–Trinajstić information content (AvgIpc) is 3.27. The van der Waals surface area contributed by atoms with Crippen LogP contribution >= 0.6 is 0 Å². The Bertz CT molecular complexity index is 1440. The maximum Gasteiger partial charge on any atom is 0.277 e. The predicted molar refractivity (Wildman–Crippen MR) is 113 cm³/mol. The fourth-order valence-electron chi connectivity index (χ4n) is 5.35. The van der Waals surface area contributed by atoms with Crippen LogP contribution in [0.3, 0.4) is 0 Å². The van der Waals surface area contributed by atoms with Crippen LogP contribution in [0, 0.1) is 11.6 Å². The number of amides is 1. The van der Waals surface area contributed by atoms with Crippen molar-refractivity contribution in [2.45, 2.75) is 12.0 Å². The van der Waals surface area contributed by atoms with E-state index in [1.165, 1.54) is 21.8 Å². The molecule has 2 heterocycles. The first kappa shape index (κ1) is 18.8. The number of halogens is 2. The van der Waals surface area contributed by atoms with Gasteiger partial charge < -0.3 is 10.0 Å². The van der Waals surface area contributed by atoms with Crippen molar-refractivity contribution in [1.82, 2.24) is 9.58 Å². The summed E-state index contributed by atoms with van der Waals surface area (Å²) in [5.74, 6) is -3.01. The standard InChI is InChI=1S/C24H17F2N3O3/c1-27-12-29(28-9-8-19(30)22(31)21(28)23(27)32)24-14(10-13-4-2-3-5-16(13)24)11-15-17(24)6-7-18(25)20(15)26/h2-9,11,31H,10,12H2,1H3. The smallest absolute Gasteiger partial charge is 0.277 e. The van der Waals surface area contributed by atoms with Gasteiger partial charge in [0.2, 0.25) is 5.43 Å². The summed E-state index contributed by atoms with van der Waals surface area (Å²) in [5, 5.41) is 12.3. The highest BCUT2D eigenvalue weighted by atomic mass is 19.2. The maximum atomic E-state index is 14.9. The zero-order valence-corrected chi connectivity index (χ0v) is 17.0. The van der Waals surface area contributed by atoms with E-state index in [0.717, 1.165) is 22.8 Å². The maximum absolute atomic E-state index is 14.9. The molecule has 8 heteroatoms. The van der Waals surface area contributed by atoms with E-state index >= 15 is 0 Å². The molecule has 2 aromatic carbocycles. The van der Waals surface area contributed by atoms with Crippen molar-refractivity contribution in [2.24, 2.45) is 0 Å². The second-order valence-corrected chi connectivity index (χ2v) is 8.30. The number of nitrogens with zero attached hydrogens (tertiary/aromatic N) is 3. The minimum absolute atomic E-state index is 0.0955. The number of rotatable bonds is 1. The summed E-state index contributed by atoms with van der Waals surface area (Å²) in [6.07, 6.45) is 3.63. The fourth-order valence-corrected chi connectivity index (χ4v) is 5.35. The summed E-state index contributed by atoms with van der Waals surface area (Å²) in [7, 11) is 1.57. The van der Waals surface area contributed by atoms with Gasteiger partial charge in [-0.2, -0.15) is 0 Å². The largest absolute Gasteiger partial charge is 0.502 e. The Kier molecular flexibility index (Phi) is 3.56. The van der Waals surface area contributed by atoms with E-state index in [-0.39, 0.29) is 17.9 Å². The van der Waals surface area contributed by atoms with E-state index in [1.54, 1.807) is 19.2 Å². The van der Waals surface area contributed by atoms with E-state index < -0.39 is 34.3 Å². The van der Waals surface area contributed by atoms with Crippen molar-refractivity contribution in [3.8, 4) is 5.75 Å². The van der Waals surface area contributed by atoms with Crippen LogP contribution in [0.25, 0.3) is 6.08 Å². The highest BCUT2D eigenvalue weighted by Crippen LogP contribution is 2.56.